The molecule has 3 nitrogen and oxygen atoms in total. The van der Waals surface area contributed by atoms with Crippen LogP contribution in [-0.2, 0) is 11.2 Å². The molecule has 2 unspecified atom stereocenters. The van der Waals surface area contributed by atoms with Crippen LogP contribution in [0.15, 0.2) is 22.7 Å². The third kappa shape index (κ3) is 5.16. The summed E-state index contributed by atoms with van der Waals surface area (Å²) in [6, 6.07) is 6.09. The van der Waals surface area contributed by atoms with Gasteiger partial charge in [-0.05, 0) is 50.5 Å². The average molecular weight is 341 g/mol. The van der Waals surface area contributed by atoms with Gasteiger partial charge in [-0.2, -0.15) is 0 Å². The zero-order valence-corrected chi connectivity index (χ0v) is 14.4. The lowest BCUT2D eigenvalue weighted by molar-refractivity contribution is -0.122. The molecule has 0 radical (unpaired) electrons. The molecular weight excluding hydrogens is 316 g/mol. The Morgan fingerprint density at radius 3 is 2.60 bits per heavy atom. The lowest BCUT2D eigenvalue weighted by atomic mass is 10.1. The monoisotopic (exact) mass is 340 g/mol. The third-order valence-electron chi connectivity index (χ3n) is 3.32. The number of amides is 1. The summed E-state index contributed by atoms with van der Waals surface area (Å²) in [4.78, 5) is 12.1. The molecule has 2 N–H and O–H groups in total. The summed E-state index contributed by atoms with van der Waals surface area (Å²) in [5.41, 5.74) is 2.24. The van der Waals surface area contributed by atoms with Gasteiger partial charge in [0.05, 0.1) is 0 Å². The number of rotatable bonds is 7. The molecular formula is C16H25BrN2O. The van der Waals surface area contributed by atoms with Gasteiger partial charge in [-0.15, -0.1) is 0 Å². The summed E-state index contributed by atoms with van der Waals surface area (Å²) in [6.07, 6.45) is 3.02. The molecule has 0 aliphatic rings. The molecule has 1 aromatic rings. The van der Waals surface area contributed by atoms with Crippen LogP contribution in [0, 0.1) is 0 Å². The Bertz CT molecular complexity index is 448. The van der Waals surface area contributed by atoms with E-state index in [-0.39, 0.29) is 18.0 Å². The van der Waals surface area contributed by atoms with Gasteiger partial charge < -0.3 is 10.6 Å². The van der Waals surface area contributed by atoms with Crippen molar-refractivity contribution in [2.24, 2.45) is 0 Å². The molecule has 0 aromatic heterocycles. The van der Waals surface area contributed by atoms with Crippen LogP contribution in [0.3, 0.4) is 0 Å². The largest absolute Gasteiger partial charge is 0.374 e. The first-order valence-electron chi connectivity index (χ1n) is 7.33. The second kappa shape index (κ2) is 8.30. The summed E-state index contributed by atoms with van der Waals surface area (Å²) in [7, 11) is 0. The summed E-state index contributed by atoms with van der Waals surface area (Å²) >= 11 is 3.48. The smallest absolute Gasteiger partial charge is 0.242 e. The maximum Gasteiger partial charge on any atom is 0.242 e. The van der Waals surface area contributed by atoms with Crippen LogP contribution in [0.25, 0.3) is 0 Å². The van der Waals surface area contributed by atoms with E-state index in [0.29, 0.717) is 0 Å². The van der Waals surface area contributed by atoms with E-state index in [1.807, 2.05) is 26.0 Å². The minimum absolute atomic E-state index is 0.0518. The molecule has 0 spiro atoms. The van der Waals surface area contributed by atoms with E-state index in [2.05, 4.69) is 46.5 Å². The zero-order valence-electron chi connectivity index (χ0n) is 12.8. The molecule has 0 saturated carbocycles. The van der Waals surface area contributed by atoms with Gasteiger partial charge in [0.15, 0.2) is 0 Å². The molecule has 1 amide bonds. The summed E-state index contributed by atoms with van der Waals surface area (Å²) < 4.78 is 1.06. The first-order chi connectivity index (χ1) is 9.47. The lowest BCUT2D eigenvalue weighted by Gasteiger charge is -2.20. The van der Waals surface area contributed by atoms with E-state index in [1.54, 1.807) is 0 Å². The number of carbonyl (C=O) groups excluding carboxylic acids is 1. The maximum absolute atomic E-state index is 12.1. The van der Waals surface area contributed by atoms with E-state index in [1.165, 1.54) is 5.56 Å². The fraction of sp³-hybridized carbons (Fsp3) is 0.562. The van der Waals surface area contributed by atoms with E-state index >= 15 is 0 Å². The predicted molar refractivity (Wildman–Crippen MR) is 89.1 cm³/mol. The van der Waals surface area contributed by atoms with Gasteiger partial charge in [0.25, 0.3) is 0 Å². The lowest BCUT2D eigenvalue weighted by Crippen LogP contribution is -2.42. The van der Waals surface area contributed by atoms with Crippen LogP contribution < -0.4 is 10.6 Å². The van der Waals surface area contributed by atoms with Gasteiger partial charge in [-0.1, -0.05) is 36.2 Å². The highest BCUT2D eigenvalue weighted by Crippen LogP contribution is 2.22. The van der Waals surface area contributed by atoms with Gasteiger partial charge >= 0.3 is 0 Å². The minimum Gasteiger partial charge on any atom is -0.374 e. The fourth-order valence-corrected chi connectivity index (χ4v) is 2.58. The van der Waals surface area contributed by atoms with Crippen LogP contribution in [-0.4, -0.2) is 18.0 Å². The first kappa shape index (κ1) is 17.0. The molecule has 1 aromatic carbocycles. The Labute approximate surface area is 130 Å². The van der Waals surface area contributed by atoms with Crippen molar-refractivity contribution in [2.75, 3.05) is 5.32 Å². The highest BCUT2D eigenvalue weighted by molar-refractivity contribution is 9.10. The van der Waals surface area contributed by atoms with E-state index in [0.717, 1.165) is 29.4 Å². The normalized spacial score (nSPS) is 13.7. The summed E-state index contributed by atoms with van der Waals surface area (Å²) in [5.74, 6) is 0.0518. The van der Waals surface area contributed by atoms with Crippen LogP contribution >= 0.6 is 15.9 Å². The van der Waals surface area contributed by atoms with Crippen molar-refractivity contribution in [2.45, 2.75) is 59.0 Å². The van der Waals surface area contributed by atoms with Gasteiger partial charge in [-0.3, -0.25) is 4.79 Å². The third-order valence-corrected chi connectivity index (χ3v) is 3.82. The van der Waals surface area contributed by atoms with Crippen molar-refractivity contribution in [1.82, 2.24) is 5.32 Å². The molecule has 0 saturated heterocycles. The van der Waals surface area contributed by atoms with E-state index in [4.69, 9.17) is 0 Å². The Morgan fingerprint density at radius 2 is 2.00 bits per heavy atom. The molecule has 0 bridgehead atoms. The Hall–Kier alpha value is -1.03. The first-order valence-corrected chi connectivity index (χ1v) is 8.12. The van der Waals surface area contributed by atoms with Crippen molar-refractivity contribution < 1.29 is 4.79 Å². The number of halogens is 1. The van der Waals surface area contributed by atoms with Crippen molar-refractivity contribution in [3.05, 3.63) is 28.2 Å². The molecule has 0 aliphatic carbocycles. The van der Waals surface area contributed by atoms with Gasteiger partial charge in [0.1, 0.15) is 6.04 Å². The van der Waals surface area contributed by atoms with Gasteiger partial charge in [0.2, 0.25) is 5.91 Å². The summed E-state index contributed by atoms with van der Waals surface area (Å²) in [5, 5.41) is 6.34. The average Bonchev–Trinajstić information content (AvgIpc) is 2.40. The fourth-order valence-electron chi connectivity index (χ4n) is 2.17. The predicted octanol–water partition coefficient (Wildman–Crippen LogP) is 4.12. The SMILES string of the molecule is CCCC(C)NC(=O)C(C)Nc1ccc(Br)cc1CC. The van der Waals surface area contributed by atoms with Crippen LogP contribution in [0.2, 0.25) is 0 Å². The molecule has 0 fully saturated rings. The number of benzene rings is 1. The highest BCUT2D eigenvalue weighted by Gasteiger charge is 2.15. The molecule has 20 heavy (non-hydrogen) atoms. The minimum atomic E-state index is -0.235. The van der Waals surface area contributed by atoms with Crippen LogP contribution in [0.5, 0.6) is 0 Å². The van der Waals surface area contributed by atoms with Gasteiger partial charge in [-0.25, -0.2) is 0 Å². The number of hydrogen-bond acceptors (Lipinski definition) is 2. The standard InChI is InChI=1S/C16H25BrN2O/c1-5-7-11(3)18-16(20)12(4)19-15-9-8-14(17)10-13(15)6-2/h8-12,19H,5-7H2,1-4H3,(H,18,20). The molecule has 4 heteroatoms. The Morgan fingerprint density at radius 1 is 1.30 bits per heavy atom. The topological polar surface area (TPSA) is 41.1 Å². The molecule has 0 heterocycles. The van der Waals surface area contributed by atoms with E-state index in [9.17, 15) is 4.79 Å². The highest BCUT2D eigenvalue weighted by atomic mass is 79.9. The second-order valence-electron chi connectivity index (χ2n) is 5.22. The van der Waals surface area contributed by atoms with Gasteiger partial charge in [0, 0.05) is 16.2 Å². The molecule has 1 rings (SSSR count). The molecule has 0 aliphatic heterocycles. The zero-order chi connectivity index (χ0) is 15.1. The number of nitrogens with one attached hydrogen (secondary N) is 2. The van der Waals surface area contributed by atoms with Crippen molar-refractivity contribution >= 4 is 27.5 Å². The van der Waals surface area contributed by atoms with Crippen LogP contribution in [0.4, 0.5) is 5.69 Å². The summed E-state index contributed by atoms with van der Waals surface area (Å²) in [6.45, 7) is 8.18. The van der Waals surface area contributed by atoms with Crippen molar-refractivity contribution in [3.63, 3.8) is 0 Å². The van der Waals surface area contributed by atoms with Crippen LogP contribution in [0.1, 0.15) is 46.1 Å². The number of hydrogen-bond donors (Lipinski definition) is 2. The maximum atomic E-state index is 12.1. The number of carbonyl (C=O) groups is 1. The second-order valence-corrected chi connectivity index (χ2v) is 6.14. The Balaban J connectivity index is 2.65. The number of anilines is 1. The van der Waals surface area contributed by atoms with Crippen molar-refractivity contribution in [3.8, 4) is 0 Å². The van der Waals surface area contributed by atoms with Crippen molar-refractivity contribution in [1.29, 1.82) is 0 Å². The van der Waals surface area contributed by atoms with E-state index < -0.39 is 0 Å². The number of aryl methyl sites for hydroxylation is 1. The Kier molecular flexibility index (Phi) is 7.06. The quantitative estimate of drug-likeness (QED) is 0.783. The molecule has 2 atom stereocenters. The molecule has 112 valence electrons.